The van der Waals surface area contributed by atoms with Gasteiger partial charge in [-0.2, -0.15) is 0 Å². The van der Waals surface area contributed by atoms with Crippen LogP contribution in [0, 0.1) is 0 Å². The summed E-state index contributed by atoms with van der Waals surface area (Å²) >= 11 is 0. The first-order valence-electron chi connectivity index (χ1n) is 8.68. The lowest BCUT2D eigenvalue weighted by atomic mass is 10.1. The van der Waals surface area contributed by atoms with E-state index >= 15 is 0 Å². The van der Waals surface area contributed by atoms with E-state index in [0.717, 1.165) is 13.0 Å². The normalized spacial score (nSPS) is 12.7. The maximum absolute atomic E-state index is 9.04. The van der Waals surface area contributed by atoms with Crippen molar-refractivity contribution < 1.29 is 19.3 Å². The van der Waals surface area contributed by atoms with Gasteiger partial charge in [-0.1, -0.05) is 45.4 Å². The molecule has 0 aromatic heterocycles. The summed E-state index contributed by atoms with van der Waals surface area (Å²) in [5, 5.41) is 9.04. The highest BCUT2D eigenvalue weighted by Crippen LogP contribution is 2.06. The van der Waals surface area contributed by atoms with Crippen LogP contribution in [0.3, 0.4) is 0 Å². The van der Waals surface area contributed by atoms with Crippen molar-refractivity contribution in [3.63, 3.8) is 0 Å². The van der Waals surface area contributed by atoms with Crippen LogP contribution >= 0.6 is 0 Å². The molecule has 0 rings (SSSR count). The van der Waals surface area contributed by atoms with Gasteiger partial charge in [-0.15, -0.1) is 0 Å². The largest absolute Gasteiger partial charge is 0.393 e. The second-order valence-corrected chi connectivity index (χ2v) is 5.60. The van der Waals surface area contributed by atoms with Crippen LogP contribution in [0.25, 0.3) is 0 Å². The van der Waals surface area contributed by atoms with E-state index in [4.69, 9.17) is 19.3 Å². The highest BCUT2D eigenvalue weighted by Gasteiger charge is 1.96. The maximum Gasteiger partial charge on any atom is 0.0701 e. The quantitative estimate of drug-likeness (QED) is 0.417. The lowest BCUT2D eigenvalue weighted by Crippen LogP contribution is -2.12. The first kappa shape index (κ1) is 20.8. The van der Waals surface area contributed by atoms with Gasteiger partial charge in [0.15, 0.2) is 0 Å². The Hall–Kier alpha value is -0.160. The number of ether oxygens (including phenoxy) is 3. The number of hydrogen-bond acceptors (Lipinski definition) is 4. The van der Waals surface area contributed by atoms with Crippen LogP contribution in [0.5, 0.6) is 0 Å². The molecule has 0 aliphatic carbocycles. The van der Waals surface area contributed by atoms with Crippen molar-refractivity contribution in [2.24, 2.45) is 0 Å². The number of unbranched alkanes of at least 4 members (excludes halogenated alkanes) is 6. The monoisotopic (exact) mass is 304 g/mol. The van der Waals surface area contributed by atoms with E-state index in [1.807, 2.05) is 0 Å². The second-order valence-electron chi connectivity index (χ2n) is 5.60. The molecule has 0 aliphatic rings. The molecular weight excluding hydrogens is 268 g/mol. The second kappa shape index (κ2) is 17.9. The fourth-order valence-corrected chi connectivity index (χ4v) is 1.96. The Morgan fingerprint density at radius 3 is 1.71 bits per heavy atom. The third kappa shape index (κ3) is 19.8. The van der Waals surface area contributed by atoms with Crippen molar-refractivity contribution in [1.82, 2.24) is 0 Å². The van der Waals surface area contributed by atoms with Crippen LogP contribution < -0.4 is 0 Å². The summed E-state index contributed by atoms with van der Waals surface area (Å²) < 4.78 is 16.2. The van der Waals surface area contributed by atoms with Crippen LogP contribution in [0.4, 0.5) is 0 Å². The Balaban J connectivity index is 2.93. The Labute approximate surface area is 131 Å². The summed E-state index contributed by atoms with van der Waals surface area (Å²) in [4.78, 5) is 0. The van der Waals surface area contributed by atoms with Crippen molar-refractivity contribution in [2.75, 3.05) is 39.6 Å². The molecule has 0 amide bonds. The van der Waals surface area contributed by atoms with Crippen molar-refractivity contribution in [3.8, 4) is 0 Å². The molecule has 128 valence electrons. The fourth-order valence-electron chi connectivity index (χ4n) is 1.96. The summed E-state index contributed by atoms with van der Waals surface area (Å²) in [6.45, 7) is 7.95. The van der Waals surface area contributed by atoms with E-state index in [1.165, 1.54) is 38.5 Å². The van der Waals surface area contributed by atoms with E-state index in [-0.39, 0.29) is 6.10 Å². The van der Waals surface area contributed by atoms with Crippen molar-refractivity contribution in [2.45, 2.75) is 71.3 Å². The SMILES string of the molecule is CCCCCCCCCOCCOCCOCCC(C)O. The third-order valence-corrected chi connectivity index (χ3v) is 3.32. The minimum Gasteiger partial charge on any atom is -0.393 e. The number of aliphatic hydroxyl groups excluding tert-OH is 1. The Morgan fingerprint density at radius 1 is 0.667 bits per heavy atom. The summed E-state index contributed by atoms with van der Waals surface area (Å²) in [5.41, 5.74) is 0. The molecule has 1 atom stereocenters. The van der Waals surface area contributed by atoms with Gasteiger partial charge in [0.25, 0.3) is 0 Å². The lowest BCUT2D eigenvalue weighted by molar-refractivity contribution is 0.00840. The standard InChI is InChI=1S/C17H36O4/c1-3-4-5-6-7-8-9-11-19-13-15-21-16-14-20-12-10-17(2)18/h17-18H,3-16H2,1-2H3. The molecule has 0 saturated heterocycles. The minimum atomic E-state index is -0.286. The molecule has 0 aromatic rings. The van der Waals surface area contributed by atoms with Gasteiger partial charge in [-0.05, 0) is 19.8 Å². The van der Waals surface area contributed by atoms with Crippen molar-refractivity contribution in [3.05, 3.63) is 0 Å². The first-order valence-corrected chi connectivity index (χ1v) is 8.68. The van der Waals surface area contributed by atoms with Crippen LogP contribution in [0.2, 0.25) is 0 Å². The van der Waals surface area contributed by atoms with E-state index in [9.17, 15) is 0 Å². The van der Waals surface area contributed by atoms with Gasteiger partial charge in [0.05, 0.1) is 32.5 Å². The average molecular weight is 304 g/mol. The van der Waals surface area contributed by atoms with Gasteiger partial charge < -0.3 is 19.3 Å². The molecule has 0 heterocycles. The molecule has 21 heavy (non-hydrogen) atoms. The van der Waals surface area contributed by atoms with Crippen LogP contribution in [-0.2, 0) is 14.2 Å². The van der Waals surface area contributed by atoms with Crippen LogP contribution in [0.15, 0.2) is 0 Å². The molecule has 0 aliphatic heterocycles. The van der Waals surface area contributed by atoms with Gasteiger partial charge in [-0.25, -0.2) is 0 Å². The maximum atomic E-state index is 9.04. The molecule has 4 heteroatoms. The van der Waals surface area contributed by atoms with Gasteiger partial charge in [-0.3, -0.25) is 0 Å². The average Bonchev–Trinajstić information content (AvgIpc) is 2.46. The zero-order valence-electron chi connectivity index (χ0n) is 14.1. The van der Waals surface area contributed by atoms with Gasteiger partial charge in [0.1, 0.15) is 0 Å². The molecule has 0 spiro atoms. The molecule has 1 unspecified atom stereocenters. The molecule has 0 radical (unpaired) electrons. The Morgan fingerprint density at radius 2 is 1.14 bits per heavy atom. The number of rotatable bonds is 17. The molecule has 0 fully saturated rings. The van der Waals surface area contributed by atoms with E-state index < -0.39 is 0 Å². The molecule has 0 bridgehead atoms. The smallest absolute Gasteiger partial charge is 0.0701 e. The third-order valence-electron chi connectivity index (χ3n) is 3.32. The molecule has 0 saturated carbocycles. The predicted octanol–water partition coefficient (Wildman–Crippen LogP) is 3.56. The van der Waals surface area contributed by atoms with Gasteiger partial charge in [0, 0.05) is 13.2 Å². The Kier molecular flexibility index (Phi) is 17.8. The summed E-state index contributed by atoms with van der Waals surface area (Å²) in [7, 11) is 0. The topological polar surface area (TPSA) is 47.9 Å². The molecule has 4 nitrogen and oxygen atoms in total. The predicted molar refractivity (Wildman–Crippen MR) is 86.7 cm³/mol. The highest BCUT2D eigenvalue weighted by atomic mass is 16.5. The van der Waals surface area contributed by atoms with Crippen molar-refractivity contribution in [1.29, 1.82) is 0 Å². The summed E-state index contributed by atoms with van der Waals surface area (Å²) in [5.74, 6) is 0. The van der Waals surface area contributed by atoms with Crippen LogP contribution in [-0.4, -0.2) is 50.9 Å². The number of hydrogen-bond donors (Lipinski definition) is 1. The Bertz CT molecular complexity index is 186. The lowest BCUT2D eigenvalue weighted by Gasteiger charge is -2.07. The van der Waals surface area contributed by atoms with Gasteiger partial charge >= 0.3 is 0 Å². The summed E-state index contributed by atoms with van der Waals surface area (Å²) in [6, 6.07) is 0. The molecule has 1 N–H and O–H groups in total. The van der Waals surface area contributed by atoms with E-state index in [1.54, 1.807) is 6.92 Å². The highest BCUT2D eigenvalue weighted by molar-refractivity contribution is 4.45. The first-order chi connectivity index (χ1) is 10.3. The van der Waals surface area contributed by atoms with E-state index in [2.05, 4.69) is 6.92 Å². The van der Waals surface area contributed by atoms with E-state index in [0.29, 0.717) is 39.5 Å². The zero-order valence-corrected chi connectivity index (χ0v) is 14.1. The van der Waals surface area contributed by atoms with Crippen LogP contribution in [0.1, 0.15) is 65.2 Å². The fraction of sp³-hybridized carbons (Fsp3) is 1.00. The summed E-state index contributed by atoms with van der Waals surface area (Å²) in [6.07, 6.45) is 9.61. The molecule has 0 aromatic carbocycles. The number of aliphatic hydroxyl groups is 1. The zero-order chi connectivity index (χ0) is 15.6. The van der Waals surface area contributed by atoms with Crippen molar-refractivity contribution >= 4 is 0 Å². The molecular formula is C17H36O4. The van der Waals surface area contributed by atoms with Gasteiger partial charge in [0.2, 0.25) is 0 Å². The minimum absolute atomic E-state index is 0.286.